The highest BCUT2D eigenvalue weighted by Crippen LogP contribution is 2.24. The molecule has 0 unspecified atom stereocenters. The van der Waals surface area contributed by atoms with Crippen LogP contribution in [0.15, 0.2) is 121 Å². The zero-order valence-corrected chi connectivity index (χ0v) is 22.3. The van der Waals surface area contributed by atoms with Crippen LogP contribution in [0, 0.1) is 0 Å². The fraction of sp³-hybridized carbons (Fsp3) is 0. The Hall–Kier alpha value is -6.02. The van der Waals surface area contributed by atoms with Crippen molar-refractivity contribution in [1.29, 1.82) is 0 Å². The van der Waals surface area contributed by atoms with Gasteiger partial charge in [0.15, 0.2) is 0 Å². The summed E-state index contributed by atoms with van der Waals surface area (Å²) >= 11 is 0. The molecule has 0 atom stereocenters. The molecule has 0 aliphatic carbocycles. The molecule has 2 heterocycles. The third-order valence-electron chi connectivity index (χ3n) is 7.00. The van der Waals surface area contributed by atoms with E-state index in [1.54, 1.807) is 24.3 Å². The molecule has 8 nitrogen and oxygen atoms in total. The van der Waals surface area contributed by atoms with E-state index >= 15 is 0 Å². The topological polar surface area (TPSA) is 116 Å². The number of hydrogen-bond donors (Lipinski definition) is 4. The number of nitrogens with zero attached hydrogens (tertiary/aromatic N) is 2. The fourth-order valence-electron chi connectivity index (χ4n) is 4.81. The van der Waals surface area contributed by atoms with Crippen molar-refractivity contribution in [2.24, 2.45) is 0 Å². The van der Waals surface area contributed by atoms with Crippen molar-refractivity contribution in [3.8, 4) is 22.8 Å². The van der Waals surface area contributed by atoms with Crippen LogP contribution in [0.5, 0.6) is 0 Å². The van der Waals surface area contributed by atoms with Crippen LogP contribution in [0.25, 0.3) is 44.8 Å². The molecule has 0 radical (unpaired) electrons. The van der Waals surface area contributed by atoms with Gasteiger partial charge in [-0.05, 0) is 91.0 Å². The first-order chi connectivity index (χ1) is 20.6. The molecule has 0 fully saturated rings. The number of aromatic nitrogens is 4. The van der Waals surface area contributed by atoms with E-state index in [0.29, 0.717) is 22.5 Å². The van der Waals surface area contributed by atoms with Crippen LogP contribution >= 0.6 is 0 Å². The number of carbonyl (C=O) groups is 2. The number of anilines is 2. The lowest BCUT2D eigenvalue weighted by Crippen LogP contribution is -2.15. The number of nitrogens with one attached hydrogen (secondary N) is 4. The Bertz CT molecular complexity index is 1860. The summed E-state index contributed by atoms with van der Waals surface area (Å²) in [5, 5.41) is 5.80. The molecule has 202 valence electrons. The normalized spacial score (nSPS) is 11.0. The molecular formula is C34H24N6O2. The first-order valence-corrected chi connectivity index (χ1v) is 13.4. The van der Waals surface area contributed by atoms with Crippen LogP contribution in [0.3, 0.4) is 0 Å². The van der Waals surface area contributed by atoms with E-state index in [0.717, 1.165) is 44.8 Å². The second kappa shape index (κ2) is 10.5. The van der Waals surface area contributed by atoms with Gasteiger partial charge in [0.2, 0.25) is 0 Å². The summed E-state index contributed by atoms with van der Waals surface area (Å²) in [4.78, 5) is 41.8. The van der Waals surface area contributed by atoms with E-state index in [9.17, 15) is 9.59 Å². The third kappa shape index (κ3) is 5.00. The van der Waals surface area contributed by atoms with Gasteiger partial charge in [0.05, 0.1) is 22.1 Å². The largest absolute Gasteiger partial charge is 0.338 e. The summed E-state index contributed by atoms with van der Waals surface area (Å²) in [5.74, 6) is 0.904. The summed E-state index contributed by atoms with van der Waals surface area (Å²) in [5.41, 5.74) is 7.58. The molecule has 0 aliphatic heterocycles. The van der Waals surface area contributed by atoms with E-state index in [4.69, 9.17) is 0 Å². The lowest BCUT2D eigenvalue weighted by molar-refractivity contribution is 0.102. The predicted octanol–water partition coefficient (Wildman–Crippen LogP) is 7.28. The highest BCUT2D eigenvalue weighted by molar-refractivity contribution is 6.08. The molecule has 0 saturated carbocycles. The van der Waals surface area contributed by atoms with Gasteiger partial charge >= 0.3 is 0 Å². The summed E-state index contributed by atoms with van der Waals surface area (Å²) < 4.78 is 0. The zero-order valence-electron chi connectivity index (χ0n) is 22.3. The number of fused-ring (bicyclic) bond motifs is 2. The Morgan fingerprint density at radius 1 is 0.500 bits per heavy atom. The smallest absolute Gasteiger partial charge is 0.255 e. The summed E-state index contributed by atoms with van der Waals surface area (Å²) in [6.07, 6.45) is 0. The van der Waals surface area contributed by atoms with Crippen LogP contribution in [0.2, 0.25) is 0 Å². The van der Waals surface area contributed by atoms with E-state index in [1.807, 2.05) is 97.1 Å². The van der Waals surface area contributed by atoms with E-state index in [1.165, 1.54) is 0 Å². The van der Waals surface area contributed by atoms with E-state index < -0.39 is 0 Å². The minimum Gasteiger partial charge on any atom is -0.338 e. The van der Waals surface area contributed by atoms with Gasteiger partial charge in [-0.15, -0.1) is 0 Å². The number of aromatic amines is 2. The lowest BCUT2D eigenvalue weighted by atomic mass is 10.1. The summed E-state index contributed by atoms with van der Waals surface area (Å²) in [6, 6.07) is 37.2. The Kier molecular flexibility index (Phi) is 6.25. The summed E-state index contributed by atoms with van der Waals surface area (Å²) in [7, 11) is 0. The number of para-hydroxylation sites is 4. The van der Waals surface area contributed by atoms with Crippen LogP contribution in [-0.4, -0.2) is 31.8 Å². The lowest BCUT2D eigenvalue weighted by Gasteiger charge is -2.09. The van der Waals surface area contributed by atoms with Gasteiger partial charge in [0, 0.05) is 33.6 Å². The number of hydrogen-bond acceptors (Lipinski definition) is 4. The van der Waals surface area contributed by atoms with E-state index in [-0.39, 0.29) is 11.8 Å². The number of carbonyl (C=O) groups excluding carboxylic acids is 2. The van der Waals surface area contributed by atoms with Gasteiger partial charge in [-0.2, -0.15) is 0 Å². The zero-order chi connectivity index (χ0) is 28.5. The van der Waals surface area contributed by atoms with Crippen molar-refractivity contribution in [3.05, 3.63) is 132 Å². The van der Waals surface area contributed by atoms with Crippen molar-refractivity contribution in [2.45, 2.75) is 0 Å². The highest BCUT2D eigenvalue weighted by atomic mass is 16.2. The number of rotatable bonds is 6. The van der Waals surface area contributed by atoms with Crippen molar-refractivity contribution in [3.63, 3.8) is 0 Å². The number of amides is 2. The number of benzene rings is 5. The Morgan fingerprint density at radius 2 is 0.929 bits per heavy atom. The van der Waals surface area contributed by atoms with Gasteiger partial charge < -0.3 is 20.6 Å². The van der Waals surface area contributed by atoms with Gasteiger partial charge in [-0.1, -0.05) is 30.3 Å². The number of imidazole rings is 2. The molecule has 4 N–H and O–H groups in total. The molecule has 2 amide bonds. The van der Waals surface area contributed by atoms with Crippen LogP contribution in [-0.2, 0) is 0 Å². The van der Waals surface area contributed by atoms with Crippen LogP contribution in [0.4, 0.5) is 11.4 Å². The Balaban J connectivity index is 1.01. The monoisotopic (exact) mass is 548 g/mol. The molecule has 0 bridgehead atoms. The average molecular weight is 549 g/mol. The molecule has 42 heavy (non-hydrogen) atoms. The Labute approximate surface area is 240 Å². The standard InChI is InChI=1S/C34H24N6O2/c41-33(35-25-16-12-21(13-17-25)31-37-27-8-1-2-9-28(27)38-31)23-6-5-7-24(20-23)34(42)36-26-18-14-22(15-19-26)32-39-29-10-3-4-11-30(29)40-32/h1-20H,(H,35,41)(H,36,42)(H,37,38)(H,39,40). The molecule has 7 aromatic rings. The summed E-state index contributed by atoms with van der Waals surface area (Å²) in [6.45, 7) is 0. The van der Waals surface area contributed by atoms with Crippen molar-refractivity contribution in [1.82, 2.24) is 19.9 Å². The molecule has 0 saturated heterocycles. The molecule has 0 spiro atoms. The van der Waals surface area contributed by atoms with Crippen molar-refractivity contribution in [2.75, 3.05) is 10.6 Å². The fourth-order valence-corrected chi connectivity index (χ4v) is 4.81. The first kappa shape index (κ1) is 25.0. The molecule has 2 aromatic heterocycles. The second-order valence-corrected chi connectivity index (χ2v) is 9.85. The molecule has 5 aromatic carbocycles. The SMILES string of the molecule is O=C(Nc1ccc(-c2nc3ccccc3[nH]2)cc1)c1cccc(C(=O)Nc2ccc(-c3nc4ccccc4[nH]3)cc2)c1. The second-order valence-electron chi connectivity index (χ2n) is 9.85. The van der Waals surface area contributed by atoms with Gasteiger partial charge in [-0.25, -0.2) is 9.97 Å². The minimum atomic E-state index is -0.309. The van der Waals surface area contributed by atoms with Gasteiger partial charge in [-0.3, -0.25) is 9.59 Å². The van der Waals surface area contributed by atoms with Crippen LogP contribution < -0.4 is 10.6 Å². The van der Waals surface area contributed by atoms with Crippen molar-refractivity contribution >= 4 is 45.3 Å². The molecule has 0 aliphatic rings. The third-order valence-corrected chi connectivity index (χ3v) is 7.00. The average Bonchev–Trinajstić information content (AvgIpc) is 3.67. The molecule has 7 rings (SSSR count). The maximum absolute atomic E-state index is 13.0. The minimum absolute atomic E-state index is 0.309. The highest BCUT2D eigenvalue weighted by Gasteiger charge is 2.13. The predicted molar refractivity (Wildman–Crippen MR) is 165 cm³/mol. The Morgan fingerprint density at radius 3 is 1.36 bits per heavy atom. The first-order valence-electron chi connectivity index (χ1n) is 13.4. The van der Waals surface area contributed by atoms with E-state index in [2.05, 4.69) is 30.6 Å². The van der Waals surface area contributed by atoms with Crippen LogP contribution in [0.1, 0.15) is 20.7 Å². The quantitative estimate of drug-likeness (QED) is 0.175. The number of H-pyrrole nitrogens is 2. The maximum atomic E-state index is 13.0. The molecular weight excluding hydrogens is 524 g/mol. The van der Waals surface area contributed by atoms with Gasteiger partial charge in [0.1, 0.15) is 11.6 Å². The molecule has 8 heteroatoms. The maximum Gasteiger partial charge on any atom is 0.255 e. The van der Waals surface area contributed by atoms with Gasteiger partial charge in [0.25, 0.3) is 11.8 Å². The van der Waals surface area contributed by atoms with Crippen molar-refractivity contribution < 1.29 is 9.59 Å².